The van der Waals surface area contributed by atoms with E-state index < -0.39 is 0 Å². The van der Waals surface area contributed by atoms with Gasteiger partial charge >= 0.3 is 0 Å². The molecule has 1 N–H and O–H groups in total. The van der Waals surface area contributed by atoms with Crippen LogP contribution in [-0.2, 0) is 6.42 Å². The molecule has 0 aliphatic carbocycles. The molecule has 2 aromatic rings. The highest BCUT2D eigenvalue weighted by molar-refractivity contribution is 5.31. The summed E-state index contributed by atoms with van der Waals surface area (Å²) >= 11 is 0. The number of hydrogen-bond donors (Lipinski definition) is 1. The minimum absolute atomic E-state index is 0.691. The van der Waals surface area contributed by atoms with E-state index in [1.165, 1.54) is 5.56 Å². The molecule has 0 bridgehead atoms. The number of aromatic nitrogens is 1. The quantitative estimate of drug-likeness (QED) is 0.761. The smallest absolute Gasteiger partial charge is 0.101 e. The first kappa shape index (κ1) is 8.58. The van der Waals surface area contributed by atoms with Gasteiger partial charge in [0.25, 0.3) is 0 Å². The average molecular weight is 182 g/mol. The molecule has 68 valence electrons. The van der Waals surface area contributed by atoms with Crippen molar-refractivity contribution in [3.05, 3.63) is 59.4 Å². The van der Waals surface area contributed by atoms with Crippen LogP contribution in [0.25, 0.3) is 0 Å². The van der Waals surface area contributed by atoms with Crippen molar-refractivity contribution in [2.24, 2.45) is 0 Å². The van der Waals surface area contributed by atoms with E-state index >= 15 is 0 Å². The topological polar surface area (TPSA) is 39.6 Å². The summed E-state index contributed by atoms with van der Waals surface area (Å²) in [5.41, 5.74) is 3.02. The fourth-order valence-corrected chi connectivity index (χ4v) is 1.42. The number of benzene rings is 1. The maximum atomic E-state index is 8.65. The molecule has 1 aromatic heterocycles. The zero-order chi connectivity index (χ0) is 9.80. The van der Waals surface area contributed by atoms with Gasteiger partial charge in [0.15, 0.2) is 0 Å². The third-order valence-electron chi connectivity index (χ3n) is 2.11. The Morgan fingerprint density at radius 2 is 2.00 bits per heavy atom. The van der Waals surface area contributed by atoms with Gasteiger partial charge in [-0.25, -0.2) is 0 Å². The average Bonchev–Trinajstić information content (AvgIpc) is 2.67. The van der Waals surface area contributed by atoms with Crippen LogP contribution in [-0.4, -0.2) is 4.98 Å². The molecule has 0 aliphatic rings. The summed E-state index contributed by atoms with van der Waals surface area (Å²) in [7, 11) is 0. The molecule has 0 atom stereocenters. The lowest BCUT2D eigenvalue weighted by molar-refractivity contribution is 1.11. The number of nitriles is 1. The van der Waals surface area contributed by atoms with Crippen LogP contribution >= 0.6 is 0 Å². The number of rotatable bonds is 2. The Hall–Kier alpha value is -2.01. The van der Waals surface area contributed by atoms with Gasteiger partial charge in [-0.1, -0.05) is 30.3 Å². The maximum absolute atomic E-state index is 8.65. The van der Waals surface area contributed by atoms with Crippen molar-refractivity contribution in [1.29, 1.82) is 5.26 Å². The summed E-state index contributed by atoms with van der Waals surface area (Å²) in [4.78, 5) is 3.08. The lowest BCUT2D eigenvalue weighted by Crippen LogP contribution is -1.86. The van der Waals surface area contributed by atoms with Crippen molar-refractivity contribution in [3.63, 3.8) is 0 Å². The molecule has 14 heavy (non-hydrogen) atoms. The molecule has 0 unspecified atom stereocenters. The van der Waals surface area contributed by atoms with Gasteiger partial charge in [0.2, 0.25) is 0 Å². The Morgan fingerprint density at radius 3 is 2.64 bits per heavy atom. The van der Waals surface area contributed by atoms with E-state index in [2.05, 4.69) is 23.2 Å². The lowest BCUT2D eigenvalue weighted by atomic mass is 10.1. The second-order valence-electron chi connectivity index (χ2n) is 3.19. The highest BCUT2D eigenvalue weighted by Crippen LogP contribution is 2.08. The van der Waals surface area contributed by atoms with Crippen LogP contribution in [0.4, 0.5) is 0 Å². The highest BCUT2D eigenvalue weighted by Gasteiger charge is 1.98. The van der Waals surface area contributed by atoms with Gasteiger partial charge in [0, 0.05) is 18.3 Å². The molecule has 0 fully saturated rings. The molecule has 1 heterocycles. The van der Waals surface area contributed by atoms with E-state index in [1.54, 1.807) is 6.20 Å². The maximum Gasteiger partial charge on any atom is 0.101 e. The summed E-state index contributed by atoms with van der Waals surface area (Å²) in [6, 6.07) is 14.2. The van der Waals surface area contributed by atoms with E-state index in [0.717, 1.165) is 12.1 Å². The third-order valence-corrected chi connectivity index (χ3v) is 2.11. The second-order valence-corrected chi connectivity index (χ2v) is 3.19. The van der Waals surface area contributed by atoms with Crippen molar-refractivity contribution in [3.8, 4) is 6.07 Å². The van der Waals surface area contributed by atoms with Crippen LogP contribution in [0.1, 0.15) is 16.8 Å². The highest BCUT2D eigenvalue weighted by atomic mass is 14.7. The molecule has 0 radical (unpaired) electrons. The van der Waals surface area contributed by atoms with E-state index in [4.69, 9.17) is 5.26 Å². The lowest BCUT2D eigenvalue weighted by Gasteiger charge is -1.96. The van der Waals surface area contributed by atoms with E-state index in [0.29, 0.717) is 5.56 Å². The van der Waals surface area contributed by atoms with Gasteiger partial charge in [-0.3, -0.25) is 0 Å². The zero-order valence-electron chi connectivity index (χ0n) is 7.70. The van der Waals surface area contributed by atoms with Gasteiger partial charge in [-0.15, -0.1) is 0 Å². The molecule has 0 saturated heterocycles. The number of hydrogen-bond acceptors (Lipinski definition) is 1. The summed E-state index contributed by atoms with van der Waals surface area (Å²) in [5.74, 6) is 0. The Morgan fingerprint density at radius 1 is 1.21 bits per heavy atom. The zero-order valence-corrected chi connectivity index (χ0v) is 7.70. The van der Waals surface area contributed by atoms with Crippen LogP contribution in [0, 0.1) is 11.3 Å². The molecule has 0 spiro atoms. The minimum Gasteiger partial charge on any atom is -0.363 e. The van der Waals surface area contributed by atoms with Gasteiger partial charge in [-0.05, 0) is 11.6 Å². The minimum atomic E-state index is 0.691. The Balaban J connectivity index is 2.16. The third kappa shape index (κ3) is 1.83. The number of nitrogens with zero attached hydrogens (tertiary/aromatic N) is 1. The van der Waals surface area contributed by atoms with Gasteiger partial charge in [-0.2, -0.15) is 5.26 Å². The van der Waals surface area contributed by atoms with Crippen molar-refractivity contribution in [2.75, 3.05) is 0 Å². The summed E-state index contributed by atoms with van der Waals surface area (Å²) < 4.78 is 0. The molecular formula is C12H10N2. The first-order valence-electron chi connectivity index (χ1n) is 4.50. The molecule has 1 aromatic carbocycles. The molecule has 0 aliphatic heterocycles. The van der Waals surface area contributed by atoms with Gasteiger partial charge < -0.3 is 4.98 Å². The Kier molecular flexibility index (Phi) is 2.33. The molecule has 0 saturated carbocycles. The van der Waals surface area contributed by atoms with Crippen molar-refractivity contribution < 1.29 is 0 Å². The van der Waals surface area contributed by atoms with Gasteiger partial charge in [0.1, 0.15) is 6.07 Å². The fourth-order valence-electron chi connectivity index (χ4n) is 1.42. The van der Waals surface area contributed by atoms with Crippen LogP contribution in [0.5, 0.6) is 0 Å². The van der Waals surface area contributed by atoms with Crippen molar-refractivity contribution >= 4 is 0 Å². The summed E-state index contributed by atoms with van der Waals surface area (Å²) in [6.45, 7) is 0. The Bertz CT molecular complexity index is 449. The predicted molar refractivity (Wildman–Crippen MR) is 54.8 cm³/mol. The summed E-state index contributed by atoms with van der Waals surface area (Å²) in [6.07, 6.45) is 2.58. The van der Waals surface area contributed by atoms with Crippen molar-refractivity contribution in [1.82, 2.24) is 4.98 Å². The van der Waals surface area contributed by atoms with Crippen LogP contribution in [0.15, 0.2) is 42.6 Å². The van der Waals surface area contributed by atoms with Crippen molar-refractivity contribution in [2.45, 2.75) is 6.42 Å². The molecule has 2 rings (SSSR count). The predicted octanol–water partition coefficient (Wildman–Crippen LogP) is 2.48. The number of nitrogens with one attached hydrogen (secondary N) is 1. The van der Waals surface area contributed by atoms with E-state index in [-0.39, 0.29) is 0 Å². The normalized spacial score (nSPS) is 9.64. The van der Waals surface area contributed by atoms with E-state index in [1.807, 2.05) is 24.3 Å². The first-order chi connectivity index (χ1) is 6.88. The monoisotopic (exact) mass is 182 g/mol. The Labute approximate surface area is 82.8 Å². The van der Waals surface area contributed by atoms with E-state index in [9.17, 15) is 0 Å². The molecular weight excluding hydrogens is 172 g/mol. The number of aromatic amines is 1. The second kappa shape index (κ2) is 3.80. The van der Waals surface area contributed by atoms with Crippen LogP contribution in [0.3, 0.4) is 0 Å². The van der Waals surface area contributed by atoms with Crippen LogP contribution in [0.2, 0.25) is 0 Å². The molecule has 0 amide bonds. The first-order valence-corrected chi connectivity index (χ1v) is 4.50. The van der Waals surface area contributed by atoms with Gasteiger partial charge in [0.05, 0.1) is 5.56 Å². The largest absolute Gasteiger partial charge is 0.363 e. The summed E-state index contributed by atoms with van der Waals surface area (Å²) in [5, 5.41) is 8.65. The standard InChI is InChI=1S/C12H10N2/c13-8-11-7-12(14-9-11)6-10-4-2-1-3-5-10/h1-5,7,9,14H,6H2. The fraction of sp³-hybridized carbons (Fsp3) is 0.0833. The van der Waals surface area contributed by atoms with Crippen LogP contribution < -0.4 is 0 Å². The SMILES string of the molecule is N#Cc1c[nH]c(Cc2ccccc2)c1. The number of H-pyrrole nitrogens is 1. The molecule has 2 heteroatoms. The molecule has 2 nitrogen and oxygen atoms in total.